The van der Waals surface area contributed by atoms with Crippen molar-refractivity contribution in [3.05, 3.63) is 47.3 Å². The second-order valence-electron chi connectivity index (χ2n) is 3.90. The zero-order valence-corrected chi connectivity index (χ0v) is 10.4. The summed E-state index contributed by atoms with van der Waals surface area (Å²) in [5, 5.41) is 6.19. The number of aromatic nitrogens is 1. The van der Waals surface area contributed by atoms with E-state index in [0.29, 0.717) is 11.3 Å². The van der Waals surface area contributed by atoms with Crippen molar-refractivity contribution in [3.8, 4) is 11.8 Å². The third-order valence-corrected chi connectivity index (χ3v) is 2.52. The number of nitrogens with zero attached hydrogens (tertiary/aromatic N) is 1. The SMILES string of the molecule is Cc1ccc(C(=O)Nc2cnoc2)cc1C#CCN. The van der Waals surface area contributed by atoms with Crippen molar-refractivity contribution in [2.24, 2.45) is 5.73 Å². The Morgan fingerprint density at radius 2 is 2.37 bits per heavy atom. The van der Waals surface area contributed by atoms with E-state index in [4.69, 9.17) is 5.73 Å². The normalized spacial score (nSPS) is 9.58. The largest absolute Gasteiger partial charge is 0.363 e. The molecule has 0 atom stereocenters. The molecule has 1 heterocycles. The molecule has 0 bridgehead atoms. The summed E-state index contributed by atoms with van der Waals surface area (Å²) in [7, 11) is 0. The van der Waals surface area contributed by atoms with E-state index in [-0.39, 0.29) is 12.5 Å². The summed E-state index contributed by atoms with van der Waals surface area (Å²) in [6, 6.07) is 5.33. The highest BCUT2D eigenvalue weighted by atomic mass is 16.5. The maximum atomic E-state index is 12.0. The van der Waals surface area contributed by atoms with Gasteiger partial charge in [0.1, 0.15) is 12.0 Å². The Balaban J connectivity index is 2.22. The molecule has 0 radical (unpaired) electrons. The number of nitrogens with one attached hydrogen (secondary N) is 1. The molecule has 2 rings (SSSR count). The second kappa shape index (κ2) is 5.85. The summed E-state index contributed by atoms with van der Waals surface area (Å²) in [5.74, 6) is 5.48. The van der Waals surface area contributed by atoms with E-state index < -0.39 is 0 Å². The van der Waals surface area contributed by atoms with Crippen molar-refractivity contribution in [2.45, 2.75) is 6.92 Å². The minimum Gasteiger partial charge on any atom is -0.363 e. The van der Waals surface area contributed by atoms with Gasteiger partial charge in [0.05, 0.1) is 12.7 Å². The first-order chi connectivity index (χ1) is 9.20. The molecule has 0 spiro atoms. The molecule has 96 valence electrons. The predicted molar refractivity (Wildman–Crippen MR) is 71.6 cm³/mol. The van der Waals surface area contributed by atoms with Gasteiger partial charge in [0.25, 0.3) is 5.91 Å². The van der Waals surface area contributed by atoms with Crippen molar-refractivity contribution in [2.75, 3.05) is 11.9 Å². The molecular weight excluding hydrogens is 242 g/mol. The van der Waals surface area contributed by atoms with E-state index in [0.717, 1.165) is 11.1 Å². The van der Waals surface area contributed by atoms with Gasteiger partial charge in [-0.1, -0.05) is 23.1 Å². The fourth-order valence-corrected chi connectivity index (χ4v) is 1.51. The van der Waals surface area contributed by atoms with Crippen LogP contribution >= 0.6 is 0 Å². The van der Waals surface area contributed by atoms with Crippen LogP contribution in [0.25, 0.3) is 0 Å². The van der Waals surface area contributed by atoms with E-state index in [1.165, 1.54) is 12.5 Å². The Morgan fingerprint density at radius 3 is 3.05 bits per heavy atom. The summed E-state index contributed by atoms with van der Waals surface area (Å²) in [6.07, 6.45) is 2.79. The van der Waals surface area contributed by atoms with E-state index >= 15 is 0 Å². The first-order valence-electron chi connectivity index (χ1n) is 5.71. The van der Waals surface area contributed by atoms with Crippen molar-refractivity contribution in [1.29, 1.82) is 0 Å². The highest BCUT2D eigenvalue weighted by molar-refractivity contribution is 6.04. The van der Waals surface area contributed by atoms with Gasteiger partial charge in [0.2, 0.25) is 0 Å². The molecule has 2 aromatic rings. The molecule has 1 aromatic carbocycles. The quantitative estimate of drug-likeness (QED) is 0.798. The van der Waals surface area contributed by atoms with Gasteiger partial charge in [-0.15, -0.1) is 0 Å². The lowest BCUT2D eigenvalue weighted by Crippen LogP contribution is -2.11. The first kappa shape index (κ1) is 12.9. The summed E-state index contributed by atoms with van der Waals surface area (Å²) >= 11 is 0. The Morgan fingerprint density at radius 1 is 1.53 bits per heavy atom. The van der Waals surface area contributed by atoms with E-state index in [2.05, 4.69) is 26.8 Å². The summed E-state index contributed by atoms with van der Waals surface area (Å²) in [6.45, 7) is 2.22. The van der Waals surface area contributed by atoms with E-state index in [9.17, 15) is 4.79 Å². The summed E-state index contributed by atoms with van der Waals surface area (Å²) < 4.78 is 4.65. The zero-order chi connectivity index (χ0) is 13.7. The highest BCUT2D eigenvalue weighted by Gasteiger charge is 2.08. The lowest BCUT2D eigenvalue weighted by Gasteiger charge is -2.04. The Bertz CT molecular complexity index is 636. The van der Waals surface area contributed by atoms with Gasteiger partial charge < -0.3 is 15.6 Å². The Labute approximate surface area is 110 Å². The van der Waals surface area contributed by atoms with Gasteiger partial charge in [-0.3, -0.25) is 4.79 Å². The molecule has 0 fully saturated rings. The Hall–Kier alpha value is -2.58. The van der Waals surface area contributed by atoms with Crippen molar-refractivity contribution >= 4 is 11.6 Å². The standard InChI is InChI=1S/C14H13N3O2/c1-10-4-5-12(7-11(10)3-2-6-15)14(18)17-13-8-16-19-9-13/h4-5,7-9H,6,15H2,1H3,(H,17,18). The van der Waals surface area contributed by atoms with Crippen LogP contribution in [0.15, 0.2) is 35.2 Å². The zero-order valence-electron chi connectivity index (χ0n) is 10.4. The average molecular weight is 255 g/mol. The minimum atomic E-state index is -0.237. The fraction of sp³-hybridized carbons (Fsp3) is 0.143. The van der Waals surface area contributed by atoms with Gasteiger partial charge in [-0.05, 0) is 24.6 Å². The molecule has 0 saturated carbocycles. The molecule has 0 unspecified atom stereocenters. The number of nitrogens with two attached hydrogens (primary N) is 1. The molecule has 0 aliphatic carbocycles. The van der Waals surface area contributed by atoms with E-state index in [1.54, 1.807) is 12.1 Å². The van der Waals surface area contributed by atoms with Crippen LogP contribution in [0.3, 0.4) is 0 Å². The van der Waals surface area contributed by atoms with Gasteiger partial charge in [-0.25, -0.2) is 0 Å². The summed E-state index contributed by atoms with van der Waals surface area (Å²) in [4.78, 5) is 12.0. The third kappa shape index (κ3) is 3.21. The van der Waals surface area contributed by atoms with Crippen LogP contribution in [0.4, 0.5) is 5.69 Å². The van der Waals surface area contributed by atoms with Crippen LogP contribution < -0.4 is 11.1 Å². The number of hydrogen-bond acceptors (Lipinski definition) is 4. The third-order valence-electron chi connectivity index (χ3n) is 2.52. The maximum absolute atomic E-state index is 12.0. The molecule has 1 aromatic heterocycles. The number of amides is 1. The molecule has 3 N–H and O–H groups in total. The number of carbonyl (C=O) groups is 1. The number of hydrogen-bond donors (Lipinski definition) is 2. The lowest BCUT2D eigenvalue weighted by atomic mass is 10.0. The molecule has 5 heteroatoms. The van der Waals surface area contributed by atoms with Crippen molar-refractivity contribution in [1.82, 2.24) is 5.16 Å². The fourth-order valence-electron chi connectivity index (χ4n) is 1.51. The van der Waals surface area contributed by atoms with Crippen LogP contribution in [-0.2, 0) is 0 Å². The topological polar surface area (TPSA) is 81.2 Å². The first-order valence-corrected chi connectivity index (χ1v) is 5.71. The number of carbonyl (C=O) groups excluding carboxylic acids is 1. The number of benzene rings is 1. The smallest absolute Gasteiger partial charge is 0.255 e. The van der Waals surface area contributed by atoms with Crippen LogP contribution in [0, 0.1) is 18.8 Å². The average Bonchev–Trinajstić information content (AvgIpc) is 2.90. The van der Waals surface area contributed by atoms with Crippen LogP contribution in [-0.4, -0.2) is 17.6 Å². The Kier molecular flexibility index (Phi) is 3.96. The van der Waals surface area contributed by atoms with Gasteiger partial charge in [0, 0.05) is 11.1 Å². The number of rotatable bonds is 2. The molecule has 5 nitrogen and oxygen atoms in total. The number of aryl methyl sites for hydroxylation is 1. The predicted octanol–water partition coefficient (Wildman–Crippen LogP) is 1.55. The maximum Gasteiger partial charge on any atom is 0.255 e. The second-order valence-corrected chi connectivity index (χ2v) is 3.90. The lowest BCUT2D eigenvalue weighted by molar-refractivity contribution is 0.102. The van der Waals surface area contributed by atoms with Gasteiger partial charge in [-0.2, -0.15) is 0 Å². The van der Waals surface area contributed by atoms with Crippen LogP contribution in [0.1, 0.15) is 21.5 Å². The van der Waals surface area contributed by atoms with Crippen LogP contribution in [0.5, 0.6) is 0 Å². The van der Waals surface area contributed by atoms with Crippen molar-refractivity contribution < 1.29 is 9.32 Å². The van der Waals surface area contributed by atoms with Crippen molar-refractivity contribution in [3.63, 3.8) is 0 Å². The van der Waals surface area contributed by atoms with E-state index in [1.807, 2.05) is 13.0 Å². The monoisotopic (exact) mass is 255 g/mol. The number of anilines is 1. The van der Waals surface area contributed by atoms with Gasteiger partial charge in [0.15, 0.2) is 0 Å². The highest BCUT2D eigenvalue weighted by Crippen LogP contribution is 2.12. The summed E-state index contributed by atoms with van der Waals surface area (Å²) in [5.41, 5.74) is 8.18. The molecular formula is C14H13N3O2. The molecule has 19 heavy (non-hydrogen) atoms. The molecule has 0 aliphatic heterocycles. The molecule has 0 saturated heterocycles. The minimum absolute atomic E-state index is 0.237. The molecule has 1 amide bonds. The van der Waals surface area contributed by atoms with Gasteiger partial charge >= 0.3 is 0 Å². The molecule has 0 aliphatic rings. The van der Waals surface area contributed by atoms with Crippen LogP contribution in [0.2, 0.25) is 0 Å².